The lowest BCUT2D eigenvalue weighted by molar-refractivity contribution is -0.145. The summed E-state index contributed by atoms with van der Waals surface area (Å²) in [4.78, 5) is 61.2. The number of alkyl carbamates (subject to hydrolysis) is 1. The fraction of sp³-hybridized carbons (Fsp3) is 0.750. The van der Waals surface area contributed by atoms with Crippen LogP contribution < -0.4 is 5.32 Å². The van der Waals surface area contributed by atoms with Gasteiger partial charge in [0.2, 0.25) is 0 Å². The molecule has 0 aliphatic rings. The molecule has 3 amide bonds. The van der Waals surface area contributed by atoms with Crippen molar-refractivity contribution >= 4 is 30.2 Å². The maximum Gasteiger partial charge on any atom is 0.420 e. The summed E-state index contributed by atoms with van der Waals surface area (Å²) in [5, 5.41) is 21.2. The fourth-order valence-corrected chi connectivity index (χ4v) is 2.16. The molecule has 0 unspecified atom stereocenters. The van der Waals surface area contributed by atoms with Crippen molar-refractivity contribution in [1.82, 2.24) is 10.2 Å². The van der Waals surface area contributed by atoms with Gasteiger partial charge in [-0.2, -0.15) is 4.90 Å². The average molecular weight is 462 g/mol. The van der Waals surface area contributed by atoms with Crippen LogP contribution in [0, 0.1) is 0 Å². The van der Waals surface area contributed by atoms with E-state index in [1.54, 1.807) is 20.8 Å². The van der Waals surface area contributed by atoms with Crippen LogP contribution >= 0.6 is 0 Å². The van der Waals surface area contributed by atoms with Gasteiger partial charge in [-0.05, 0) is 62.3 Å². The first-order chi connectivity index (χ1) is 14.1. The minimum atomic E-state index is -2.03. The van der Waals surface area contributed by atoms with E-state index in [1.807, 2.05) is 5.32 Å². The summed E-state index contributed by atoms with van der Waals surface area (Å²) in [6.45, 7) is 13.6. The van der Waals surface area contributed by atoms with E-state index in [9.17, 15) is 34.2 Å². The summed E-state index contributed by atoms with van der Waals surface area (Å²) < 4.78 is 15.2. The smallest absolute Gasteiger partial charge is 0.420 e. The summed E-state index contributed by atoms with van der Waals surface area (Å²) in [5.74, 6) is -3.31. The number of nitrogens with one attached hydrogen (secondary N) is 1. The SMILES string of the molecule is CC(C)(C)OC(=O)N[C@@H](C[C@@H](C(=O)O)N(C(=O)OC(C)(C)C)C(=O)OC(C)(C)C)C(=O)O. The molecule has 32 heavy (non-hydrogen) atoms. The van der Waals surface area contributed by atoms with Gasteiger partial charge in [0, 0.05) is 6.42 Å². The topological polar surface area (TPSA) is 169 Å². The number of amides is 3. The Labute approximate surface area is 187 Å². The van der Waals surface area contributed by atoms with Crippen LogP contribution in [0.4, 0.5) is 14.4 Å². The third kappa shape index (κ3) is 11.4. The van der Waals surface area contributed by atoms with E-state index in [0.717, 1.165) is 0 Å². The molecule has 0 aliphatic heterocycles. The van der Waals surface area contributed by atoms with Crippen molar-refractivity contribution in [3.8, 4) is 0 Å². The predicted octanol–water partition coefficient (Wildman–Crippen LogP) is 2.98. The number of carboxylic acids is 2. The van der Waals surface area contributed by atoms with Crippen LogP contribution in [0.5, 0.6) is 0 Å². The Morgan fingerprint density at radius 2 is 1.09 bits per heavy atom. The molecular formula is C20H34N2O10. The third-order valence-electron chi connectivity index (χ3n) is 3.23. The molecule has 2 atom stereocenters. The normalized spacial score (nSPS) is 13.9. The predicted molar refractivity (Wildman–Crippen MR) is 111 cm³/mol. The van der Waals surface area contributed by atoms with E-state index >= 15 is 0 Å². The van der Waals surface area contributed by atoms with E-state index in [2.05, 4.69) is 0 Å². The van der Waals surface area contributed by atoms with E-state index in [0.29, 0.717) is 0 Å². The molecule has 0 saturated heterocycles. The maximum absolute atomic E-state index is 12.7. The fourth-order valence-electron chi connectivity index (χ4n) is 2.16. The van der Waals surface area contributed by atoms with Crippen molar-refractivity contribution in [3.63, 3.8) is 0 Å². The highest BCUT2D eigenvalue weighted by molar-refractivity contribution is 5.94. The molecule has 0 aromatic rings. The molecular weight excluding hydrogens is 428 g/mol. The van der Waals surface area contributed by atoms with Gasteiger partial charge in [-0.3, -0.25) is 0 Å². The summed E-state index contributed by atoms with van der Waals surface area (Å²) in [7, 11) is 0. The van der Waals surface area contributed by atoms with Gasteiger partial charge in [0.1, 0.15) is 28.9 Å². The number of ether oxygens (including phenoxy) is 3. The number of aliphatic carboxylic acids is 2. The van der Waals surface area contributed by atoms with Crippen LogP contribution in [-0.2, 0) is 23.8 Å². The number of hydrogen-bond donors (Lipinski definition) is 3. The summed E-state index contributed by atoms with van der Waals surface area (Å²) in [5.41, 5.74) is -3.14. The number of hydrogen-bond acceptors (Lipinski definition) is 8. The van der Waals surface area contributed by atoms with E-state index in [-0.39, 0.29) is 4.90 Å². The summed E-state index contributed by atoms with van der Waals surface area (Å²) in [6.07, 6.45) is -4.68. The zero-order valence-corrected chi connectivity index (χ0v) is 20.0. The largest absolute Gasteiger partial charge is 0.480 e. The Bertz CT molecular complexity index is 700. The zero-order chi connectivity index (χ0) is 25.7. The lowest BCUT2D eigenvalue weighted by Gasteiger charge is -2.32. The number of carboxylic acid groups (broad SMARTS) is 2. The average Bonchev–Trinajstić information content (AvgIpc) is 2.47. The Kier molecular flexibility index (Phi) is 9.51. The number of carbonyl (C=O) groups is 5. The number of rotatable bonds is 6. The van der Waals surface area contributed by atoms with Crippen LogP contribution in [0.15, 0.2) is 0 Å². The van der Waals surface area contributed by atoms with Crippen molar-refractivity contribution < 1.29 is 48.4 Å². The molecule has 0 radical (unpaired) electrons. The summed E-state index contributed by atoms with van der Waals surface area (Å²) >= 11 is 0. The second-order valence-corrected chi connectivity index (χ2v) is 9.96. The molecule has 0 aromatic carbocycles. The van der Waals surface area contributed by atoms with Crippen molar-refractivity contribution in [3.05, 3.63) is 0 Å². The molecule has 0 aromatic heterocycles. The highest BCUT2D eigenvalue weighted by atomic mass is 16.6. The summed E-state index contributed by atoms with van der Waals surface area (Å²) in [6, 6.07) is -3.84. The van der Waals surface area contributed by atoms with Crippen LogP contribution in [0.25, 0.3) is 0 Å². The molecule has 0 bridgehead atoms. The van der Waals surface area contributed by atoms with Crippen molar-refractivity contribution in [1.29, 1.82) is 0 Å². The standard InChI is InChI=1S/C20H34N2O10/c1-18(2,3)30-15(27)21-11(13(23)24)10-12(14(25)26)22(16(28)31-19(4,5)6)17(29)32-20(7,8)9/h11-12H,10H2,1-9H3,(H,21,27)(H,23,24)(H,25,26)/t11-,12-/m0/s1. The minimum absolute atomic E-state index is 0.186. The Morgan fingerprint density at radius 3 is 1.38 bits per heavy atom. The van der Waals surface area contributed by atoms with E-state index in [4.69, 9.17) is 14.2 Å². The lowest BCUT2D eigenvalue weighted by atomic mass is 10.1. The number of imide groups is 1. The van der Waals surface area contributed by atoms with Crippen LogP contribution in [0.1, 0.15) is 68.7 Å². The van der Waals surface area contributed by atoms with Crippen molar-refractivity contribution in [2.24, 2.45) is 0 Å². The van der Waals surface area contributed by atoms with Crippen molar-refractivity contribution in [2.45, 2.75) is 97.6 Å². The Balaban J connectivity index is 6.04. The van der Waals surface area contributed by atoms with Gasteiger partial charge in [0.25, 0.3) is 0 Å². The molecule has 0 saturated carbocycles. The van der Waals surface area contributed by atoms with E-state index < -0.39 is 65.5 Å². The van der Waals surface area contributed by atoms with Crippen LogP contribution in [0.2, 0.25) is 0 Å². The second kappa shape index (κ2) is 10.5. The number of carbonyl (C=O) groups excluding carboxylic acids is 3. The van der Waals surface area contributed by atoms with Gasteiger partial charge in [0.05, 0.1) is 0 Å². The first-order valence-corrected chi connectivity index (χ1v) is 9.83. The molecule has 12 heteroatoms. The first-order valence-electron chi connectivity index (χ1n) is 9.83. The Morgan fingerprint density at radius 1 is 0.719 bits per heavy atom. The quantitative estimate of drug-likeness (QED) is 0.499. The second-order valence-electron chi connectivity index (χ2n) is 9.96. The minimum Gasteiger partial charge on any atom is -0.480 e. The molecule has 0 spiro atoms. The molecule has 184 valence electrons. The van der Waals surface area contributed by atoms with Gasteiger partial charge in [-0.25, -0.2) is 24.0 Å². The van der Waals surface area contributed by atoms with E-state index in [1.165, 1.54) is 41.5 Å². The molecule has 0 heterocycles. The van der Waals surface area contributed by atoms with Crippen LogP contribution in [-0.4, -0.2) is 74.2 Å². The zero-order valence-electron chi connectivity index (χ0n) is 20.0. The monoisotopic (exact) mass is 462 g/mol. The molecule has 0 aliphatic carbocycles. The van der Waals surface area contributed by atoms with Gasteiger partial charge >= 0.3 is 30.2 Å². The highest BCUT2D eigenvalue weighted by Gasteiger charge is 2.43. The molecule has 0 fully saturated rings. The maximum atomic E-state index is 12.7. The van der Waals surface area contributed by atoms with Crippen LogP contribution in [0.3, 0.4) is 0 Å². The molecule has 0 rings (SSSR count). The Hall–Kier alpha value is -3.05. The first kappa shape index (κ1) is 28.9. The van der Waals surface area contributed by atoms with Gasteiger partial charge in [-0.1, -0.05) is 0 Å². The highest BCUT2D eigenvalue weighted by Crippen LogP contribution is 2.20. The number of nitrogens with zero attached hydrogens (tertiary/aromatic N) is 1. The van der Waals surface area contributed by atoms with Gasteiger partial charge in [-0.15, -0.1) is 0 Å². The lowest BCUT2D eigenvalue weighted by Crippen LogP contribution is -2.55. The third-order valence-corrected chi connectivity index (χ3v) is 3.23. The molecule has 12 nitrogen and oxygen atoms in total. The van der Waals surface area contributed by atoms with Gasteiger partial charge in [0.15, 0.2) is 0 Å². The molecule has 3 N–H and O–H groups in total. The van der Waals surface area contributed by atoms with Crippen molar-refractivity contribution in [2.75, 3.05) is 0 Å². The van der Waals surface area contributed by atoms with Gasteiger partial charge < -0.3 is 29.7 Å².